The lowest BCUT2D eigenvalue weighted by Gasteiger charge is -2.27. The number of ketones is 1. The van der Waals surface area contributed by atoms with E-state index in [0.717, 1.165) is 5.56 Å². The number of hydrogen-bond acceptors (Lipinski definition) is 6. The van der Waals surface area contributed by atoms with E-state index in [-0.39, 0.29) is 17.5 Å². The third kappa shape index (κ3) is 4.52. The highest BCUT2D eigenvalue weighted by molar-refractivity contribution is 7.12. The highest BCUT2D eigenvalue weighted by atomic mass is 32.1. The molecular formula is C22H25NO5S. The van der Waals surface area contributed by atoms with Gasteiger partial charge in [-0.2, -0.15) is 0 Å². The van der Waals surface area contributed by atoms with Crippen LogP contribution in [0, 0.1) is 0 Å². The summed E-state index contributed by atoms with van der Waals surface area (Å²) in [7, 11) is 1.58. The molecule has 1 N–H and O–H groups in total. The summed E-state index contributed by atoms with van der Waals surface area (Å²) >= 11 is 1.29. The van der Waals surface area contributed by atoms with Gasteiger partial charge in [-0.1, -0.05) is 18.2 Å². The van der Waals surface area contributed by atoms with Crippen LogP contribution in [0.2, 0.25) is 0 Å². The third-order valence-electron chi connectivity index (χ3n) is 4.72. The van der Waals surface area contributed by atoms with Crippen LogP contribution in [0.3, 0.4) is 0 Å². The molecule has 0 spiro atoms. The SMILES string of the molecule is COc1ccc([C@@H]2C(C(=O)c3cccs3)=C(O)C(=O)N2CCCOC(C)C)cc1. The molecule has 1 amide bonds. The molecule has 154 valence electrons. The molecule has 3 rings (SSSR count). The van der Waals surface area contributed by atoms with Crippen molar-refractivity contribution in [2.24, 2.45) is 0 Å². The van der Waals surface area contributed by atoms with Crippen LogP contribution >= 0.6 is 11.3 Å². The Morgan fingerprint density at radius 1 is 1.24 bits per heavy atom. The number of carbonyl (C=O) groups excluding carboxylic acids is 2. The van der Waals surface area contributed by atoms with Gasteiger partial charge in [-0.05, 0) is 49.4 Å². The van der Waals surface area contributed by atoms with Crippen molar-refractivity contribution in [3.63, 3.8) is 0 Å². The largest absolute Gasteiger partial charge is 0.503 e. The van der Waals surface area contributed by atoms with Gasteiger partial charge in [0.25, 0.3) is 5.91 Å². The summed E-state index contributed by atoms with van der Waals surface area (Å²) in [5, 5.41) is 12.4. The number of thiophene rings is 1. The fourth-order valence-corrected chi connectivity index (χ4v) is 4.02. The number of methoxy groups -OCH3 is 1. The van der Waals surface area contributed by atoms with E-state index in [1.165, 1.54) is 11.3 Å². The van der Waals surface area contributed by atoms with Crippen LogP contribution in [0.5, 0.6) is 5.75 Å². The second-order valence-electron chi connectivity index (χ2n) is 7.02. The standard InChI is InChI=1S/C22H25NO5S/c1-14(2)28-12-5-11-23-19(15-7-9-16(27-3)10-8-15)18(21(25)22(23)26)20(24)17-6-4-13-29-17/h4,6-10,13-14,19,25H,5,11-12H2,1-3H3/t19-/m1/s1. The summed E-state index contributed by atoms with van der Waals surface area (Å²) in [6.45, 7) is 4.76. The first-order valence-corrected chi connectivity index (χ1v) is 10.4. The average Bonchev–Trinajstić information content (AvgIpc) is 3.33. The Kier molecular flexibility index (Phi) is 6.71. The van der Waals surface area contributed by atoms with Crippen LogP contribution in [-0.2, 0) is 9.53 Å². The highest BCUT2D eigenvalue weighted by Gasteiger charge is 2.43. The van der Waals surface area contributed by atoms with E-state index in [1.54, 1.807) is 41.7 Å². The first-order chi connectivity index (χ1) is 13.9. The number of ether oxygens (including phenoxy) is 2. The van der Waals surface area contributed by atoms with Gasteiger partial charge in [-0.15, -0.1) is 11.3 Å². The maximum atomic E-state index is 13.1. The van der Waals surface area contributed by atoms with Gasteiger partial charge in [0, 0.05) is 13.2 Å². The summed E-state index contributed by atoms with van der Waals surface area (Å²) in [5.41, 5.74) is 0.861. The summed E-state index contributed by atoms with van der Waals surface area (Å²) in [6, 6.07) is 10.0. The number of Topliss-reactive ketones (excluding diaryl/α,β-unsaturated/α-hetero) is 1. The number of hydrogen-bond donors (Lipinski definition) is 1. The maximum Gasteiger partial charge on any atom is 0.290 e. The van der Waals surface area contributed by atoms with Gasteiger partial charge in [0.15, 0.2) is 5.76 Å². The Hall–Kier alpha value is -2.64. The fourth-order valence-electron chi connectivity index (χ4n) is 3.34. The van der Waals surface area contributed by atoms with Gasteiger partial charge in [-0.3, -0.25) is 9.59 Å². The van der Waals surface area contributed by atoms with E-state index in [1.807, 2.05) is 26.0 Å². The molecule has 0 radical (unpaired) electrons. The minimum Gasteiger partial charge on any atom is -0.503 e. The molecule has 0 saturated carbocycles. The van der Waals surface area contributed by atoms with Crippen LogP contribution in [0.15, 0.2) is 53.1 Å². The molecule has 7 heteroatoms. The lowest BCUT2D eigenvalue weighted by molar-refractivity contribution is -0.129. The number of amides is 1. The van der Waals surface area contributed by atoms with E-state index in [0.29, 0.717) is 30.2 Å². The van der Waals surface area contributed by atoms with Crippen LogP contribution in [0.25, 0.3) is 0 Å². The number of benzene rings is 1. The molecule has 0 fully saturated rings. The van der Waals surface area contributed by atoms with Gasteiger partial charge in [-0.25, -0.2) is 0 Å². The monoisotopic (exact) mass is 415 g/mol. The summed E-state index contributed by atoms with van der Waals surface area (Å²) in [6.07, 6.45) is 0.703. The predicted molar refractivity (Wildman–Crippen MR) is 111 cm³/mol. The van der Waals surface area contributed by atoms with Crippen molar-refractivity contribution in [1.82, 2.24) is 4.90 Å². The van der Waals surface area contributed by atoms with Gasteiger partial charge in [0.05, 0.1) is 29.7 Å². The van der Waals surface area contributed by atoms with Crippen molar-refractivity contribution >= 4 is 23.0 Å². The van der Waals surface area contributed by atoms with Crippen LogP contribution in [0.4, 0.5) is 0 Å². The molecule has 1 atom stereocenters. The zero-order chi connectivity index (χ0) is 21.0. The van der Waals surface area contributed by atoms with Crippen LogP contribution in [-0.4, -0.2) is 48.1 Å². The zero-order valence-electron chi connectivity index (χ0n) is 16.8. The number of rotatable bonds is 9. The lowest BCUT2D eigenvalue weighted by Crippen LogP contribution is -2.32. The van der Waals surface area contributed by atoms with Gasteiger partial charge < -0.3 is 19.5 Å². The quantitative estimate of drug-likeness (QED) is 0.492. The van der Waals surface area contributed by atoms with Crippen LogP contribution in [0.1, 0.15) is 41.5 Å². The first-order valence-electron chi connectivity index (χ1n) is 9.52. The minimum absolute atomic E-state index is 0.101. The fraction of sp³-hybridized carbons (Fsp3) is 0.364. The molecule has 1 aliphatic heterocycles. The second-order valence-corrected chi connectivity index (χ2v) is 7.96. The van der Waals surface area contributed by atoms with Crippen molar-refractivity contribution in [3.05, 3.63) is 63.6 Å². The Balaban J connectivity index is 1.93. The molecule has 1 aromatic heterocycles. The smallest absolute Gasteiger partial charge is 0.290 e. The molecule has 0 unspecified atom stereocenters. The summed E-state index contributed by atoms with van der Waals surface area (Å²) in [5.74, 6) is -0.661. The molecule has 2 heterocycles. The highest BCUT2D eigenvalue weighted by Crippen LogP contribution is 2.40. The second kappa shape index (κ2) is 9.24. The van der Waals surface area contributed by atoms with E-state index in [4.69, 9.17) is 9.47 Å². The molecule has 0 aliphatic carbocycles. The predicted octanol–water partition coefficient (Wildman–Crippen LogP) is 4.15. The first kappa shape index (κ1) is 21.1. The summed E-state index contributed by atoms with van der Waals surface area (Å²) in [4.78, 5) is 28.0. The minimum atomic E-state index is -0.651. The van der Waals surface area contributed by atoms with Crippen molar-refractivity contribution in [2.45, 2.75) is 32.4 Å². The lowest BCUT2D eigenvalue weighted by atomic mass is 9.95. The topological polar surface area (TPSA) is 76.1 Å². The molecule has 29 heavy (non-hydrogen) atoms. The molecule has 0 bridgehead atoms. The molecule has 6 nitrogen and oxygen atoms in total. The number of nitrogens with zero attached hydrogens (tertiary/aromatic N) is 1. The normalized spacial score (nSPS) is 16.8. The van der Waals surface area contributed by atoms with Gasteiger partial charge in [0.2, 0.25) is 5.78 Å². The van der Waals surface area contributed by atoms with Crippen molar-refractivity contribution < 1.29 is 24.2 Å². The third-order valence-corrected chi connectivity index (χ3v) is 5.59. The number of aliphatic hydroxyl groups is 1. The Morgan fingerprint density at radius 3 is 2.55 bits per heavy atom. The van der Waals surface area contributed by atoms with E-state index in [2.05, 4.69) is 0 Å². The van der Waals surface area contributed by atoms with Gasteiger partial charge in [0.1, 0.15) is 5.75 Å². The van der Waals surface area contributed by atoms with Crippen molar-refractivity contribution in [2.75, 3.05) is 20.3 Å². The maximum absolute atomic E-state index is 13.1. The molecular weight excluding hydrogens is 390 g/mol. The van der Waals surface area contributed by atoms with Crippen molar-refractivity contribution in [3.8, 4) is 5.75 Å². The number of carbonyl (C=O) groups is 2. The Morgan fingerprint density at radius 2 is 1.97 bits per heavy atom. The van der Waals surface area contributed by atoms with Gasteiger partial charge >= 0.3 is 0 Å². The molecule has 1 aromatic carbocycles. The van der Waals surface area contributed by atoms with E-state index >= 15 is 0 Å². The molecule has 1 aliphatic rings. The van der Waals surface area contributed by atoms with E-state index < -0.39 is 17.7 Å². The Labute approximate surface area is 174 Å². The van der Waals surface area contributed by atoms with Crippen LogP contribution < -0.4 is 4.74 Å². The zero-order valence-corrected chi connectivity index (χ0v) is 17.6. The molecule has 2 aromatic rings. The summed E-state index contributed by atoms with van der Waals surface area (Å²) < 4.78 is 10.8. The molecule has 0 saturated heterocycles. The number of aliphatic hydroxyl groups excluding tert-OH is 1. The van der Waals surface area contributed by atoms with E-state index in [9.17, 15) is 14.7 Å². The van der Waals surface area contributed by atoms with Crippen molar-refractivity contribution in [1.29, 1.82) is 0 Å². The average molecular weight is 416 g/mol. The Bertz CT molecular complexity index is 886.